The zero-order valence-electron chi connectivity index (χ0n) is 21.7. The van der Waals surface area contributed by atoms with Crippen LogP contribution in [0, 0.1) is 6.92 Å². The first-order chi connectivity index (χ1) is 19.1. The molecule has 6 nitrogen and oxygen atoms in total. The molecule has 192 valence electrons. The third-order valence-corrected chi connectivity index (χ3v) is 6.45. The van der Waals surface area contributed by atoms with E-state index in [1.165, 1.54) is 7.11 Å². The summed E-state index contributed by atoms with van der Waals surface area (Å²) in [5.41, 5.74) is 10.1. The summed E-state index contributed by atoms with van der Waals surface area (Å²) in [5, 5.41) is 4.34. The van der Waals surface area contributed by atoms with Crippen molar-refractivity contribution in [3.05, 3.63) is 138 Å². The number of methoxy groups -OCH3 is 1. The van der Waals surface area contributed by atoms with Crippen molar-refractivity contribution in [1.82, 2.24) is 9.99 Å². The lowest BCUT2D eigenvalue weighted by atomic mass is 10.1. The van der Waals surface area contributed by atoms with Gasteiger partial charge < -0.3 is 9.30 Å². The monoisotopic (exact) mass is 513 g/mol. The molecular weight excluding hydrogens is 486 g/mol. The number of esters is 1. The number of hydrogen-bond donors (Lipinski definition) is 1. The fourth-order valence-electron chi connectivity index (χ4n) is 4.52. The van der Waals surface area contributed by atoms with E-state index in [-0.39, 0.29) is 5.91 Å². The highest BCUT2D eigenvalue weighted by molar-refractivity contribution is 5.98. The van der Waals surface area contributed by atoms with Gasteiger partial charge in [-0.3, -0.25) is 4.79 Å². The van der Waals surface area contributed by atoms with Crippen LogP contribution in [0.2, 0.25) is 0 Å². The Morgan fingerprint density at radius 1 is 0.795 bits per heavy atom. The van der Waals surface area contributed by atoms with Gasteiger partial charge in [-0.25, -0.2) is 10.2 Å². The highest BCUT2D eigenvalue weighted by Gasteiger charge is 2.19. The largest absolute Gasteiger partial charge is 0.465 e. The Kier molecular flexibility index (Phi) is 7.46. The number of ether oxygens (including phenoxy) is 1. The van der Waals surface area contributed by atoms with Crippen molar-refractivity contribution in [3.63, 3.8) is 0 Å². The molecule has 5 rings (SSSR count). The lowest BCUT2D eigenvalue weighted by molar-refractivity contribution is 0.0600. The first-order valence-corrected chi connectivity index (χ1v) is 12.5. The van der Waals surface area contributed by atoms with E-state index < -0.39 is 5.97 Å². The van der Waals surface area contributed by atoms with E-state index in [0.29, 0.717) is 11.1 Å². The molecule has 0 radical (unpaired) electrons. The Hall–Kier alpha value is -5.23. The first-order valence-electron chi connectivity index (χ1n) is 12.5. The van der Waals surface area contributed by atoms with Crippen LogP contribution in [0.1, 0.15) is 31.8 Å². The summed E-state index contributed by atoms with van der Waals surface area (Å²) in [7, 11) is 1.37. The number of rotatable bonds is 7. The molecule has 5 aromatic rings. The van der Waals surface area contributed by atoms with Gasteiger partial charge in [0, 0.05) is 16.8 Å². The molecule has 1 aromatic heterocycles. The van der Waals surface area contributed by atoms with Gasteiger partial charge in [0.25, 0.3) is 5.91 Å². The summed E-state index contributed by atoms with van der Waals surface area (Å²) in [6.45, 7) is 1.89. The average molecular weight is 514 g/mol. The van der Waals surface area contributed by atoms with E-state index in [4.69, 9.17) is 4.74 Å². The SMILES string of the molecule is COC(=O)c1ccc(-n2c(-c3ccccc3)cc(/C=N/NC(=O)c3ccccc3C)c2-c2ccccc2)cc1. The van der Waals surface area contributed by atoms with Gasteiger partial charge >= 0.3 is 5.97 Å². The Morgan fingerprint density at radius 3 is 2.05 bits per heavy atom. The molecule has 1 N–H and O–H groups in total. The van der Waals surface area contributed by atoms with Gasteiger partial charge in [-0.1, -0.05) is 78.9 Å². The number of benzene rings is 4. The van der Waals surface area contributed by atoms with Crippen LogP contribution in [0.3, 0.4) is 0 Å². The second-order valence-corrected chi connectivity index (χ2v) is 8.95. The molecule has 0 spiro atoms. The van der Waals surface area contributed by atoms with Crippen molar-refractivity contribution in [2.75, 3.05) is 7.11 Å². The quantitative estimate of drug-likeness (QED) is 0.150. The molecule has 0 saturated carbocycles. The molecule has 1 amide bonds. The lowest BCUT2D eigenvalue weighted by Gasteiger charge is -2.15. The number of hydrazone groups is 1. The second kappa shape index (κ2) is 11.4. The molecule has 0 aliphatic carbocycles. The third kappa shape index (κ3) is 5.40. The molecule has 0 aliphatic rings. The zero-order valence-corrected chi connectivity index (χ0v) is 21.7. The van der Waals surface area contributed by atoms with Crippen LogP contribution >= 0.6 is 0 Å². The Bertz CT molecular complexity index is 1640. The van der Waals surface area contributed by atoms with Gasteiger partial charge in [0.2, 0.25) is 0 Å². The lowest BCUT2D eigenvalue weighted by Crippen LogP contribution is -2.18. The number of carbonyl (C=O) groups is 2. The van der Waals surface area contributed by atoms with Crippen LogP contribution in [0.4, 0.5) is 0 Å². The molecule has 0 unspecified atom stereocenters. The van der Waals surface area contributed by atoms with Gasteiger partial charge in [-0.15, -0.1) is 0 Å². The van der Waals surface area contributed by atoms with E-state index >= 15 is 0 Å². The highest BCUT2D eigenvalue weighted by Crippen LogP contribution is 2.35. The van der Waals surface area contributed by atoms with Crippen LogP contribution in [0.15, 0.2) is 120 Å². The van der Waals surface area contributed by atoms with Crippen molar-refractivity contribution in [1.29, 1.82) is 0 Å². The number of nitrogens with one attached hydrogen (secondary N) is 1. The minimum Gasteiger partial charge on any atom is -0.465 e. The van der Waals surface area contributed by atoms with E-state index in [1.807, 2.05) is 97.9 Å². The van der Waals surface area contributed by atoms with Gasteiger partial charge in [0.05, 0.1) is 30.3 Å². The molecule has 1 heterocycles. The predicted octanol–water partition coefficient (Wildman–Crippen LogP) is 6.67. The summed E-state index contributed by atoms with van der Waals surface area (Å²) < 4.78 is 7.01. The second-order valence-electron chi connectivity index (χ2n) is 8.95. The normalized spacial score (nSPS) is 10.9. The predicted molar refractivity (Wildman–Crippen MR) is 154 cm³/mol. The molecule has 0 atom stereocenters. The van der Waals surface area contributed by atoms with Crippen molar-refractivity contribution in [3.8, 4) is 28.2 Å². The van der Waals surface area contributed by atoms with Crippen molar-refractivity contribution in [2.24, 2.45) is 5.10 Å². The molecule has 39 heavy (non-hydrogen) atoms. The highest BCUT2D eigenvalue weighted by atomic mass is 16.5. The molecule has 0 aliphatic heterocycles. The number of nitrogens with zero attached hydrogens (tertiary/aromatic N) is 2. The summed E-state index contributed by atoms with van der Waals surface area (Å²) in [6.07, 6.45) is 1.67. The summed E-state index contributed by atoms with van der Waals surface area (Å²) >= 11 is 0. The Balaban J connectivity index is 1.64. The van der Waals surface area contributed by atoms with E-state index in [1.54, 1.807) is 24.4 Å². The van der Waals surface area contributed by atoms with Gasteiger partial charge in [0.15, 0.2) is 0 Å². The summed E-state index contributed by atoms with van der Waals surface area (Å²) in [5.74, 6) is -0.662. The standard InChI is InChI=1S/C33H27N3O3/c1-23-11-9-10-16-29(23)32(37)35-34-22-27-21-30(24-12-5-3-6-13-24)36(31(27)25-14-7-4-8-15-25)28-19-17-26(18-20-28)33(38)39-2/h3-22H,1-2H3,(H,35,37)/b34-22+. The average Bonchev–Trinajstić information content (AvgIpc) is 3.37. The first kappa shape index (κ1) is 25.4. The Morgan fingerprint density at radius 2 is 1.41 bits per heavy atom. The molecule has 6 heteroatoms. The van der Waals surface area contributed by atoms with Crippen molar-refractivity contribution >= 4 is 18.1 Å². The number of hydrogen-bond acceptors (Lipinski definition) is 4. The van der Waals surface area contributed by atoms with Gasteiger partial charge in [-0.2, -0.15) is 5.10 Å². The van der Waals surface area contributed by atoms with E-state index in [0.717, 1.165) is 39.3 Å². The van der Waals surface area contributed by atoms with Crippen LogP contribution in [-0.2, 0) is 4.74 Å². The number of aryl methyl sites for hydroxylation is 1. The molecule has 0 saturated heterocycles. The summed E-state index contributed by atoms with van der Waals surface area (Å²) in [6, 6.07) is 36.8. The molecule has 0 bridgehead atoms. The Labute approximate surface area is 227 Å². The van der Waals surface area contributed by atoms with Crippen LogP contribution in [0.5, 0.6) is 0 Å². The number of carbonyl (C=O) groups excluding carboxylic acids is 2. The molecule has 4 aromatic carbocycles. The number of amides is 1. The fourth-order valence-corrected chi connectivity index (χ4v) is 4.52. The van der Waals surface area contributed by atoms with Crippen molar-refractivity contribution in [2.45, 2.75) is 6.92 Å². The molecule has 0 fully saturated rings. The zero-order chi connectivity index (χ0) is 27.2. The van der Waals surface area contributed by atoms with Gasteiger partial charge in [0.1, 0.15) is 0 Å². The maximum Gasteiger partial charge on any atom is 0.337 e. The summed E-state index contributed by atoms with van der Waals surface area (Å²) in [4.78, 5) is 24.8. The molecular formula is C33H27N3O3. The van der Waals surface area contributed by atoms with Crippen LogP contribution in [-0.4, -0.2) is 29.8 Å². The smallest absolute Gasteiger partial charge is 0.337 e. The minimum atomic E-state index is -0.391. The van der Waals surface area contributed by atoms with E-state index in [2.05, 4.69) is 21.2 Å². The van der Waals surface area contributed by atoms with Crippen LogP contribution < -0.4 is 5.43 Å². The maximum absolute atomic E-state index is 12.8. The van der Waals surface area contributed by atoms with Crippen LogP contribution in [0.25, 0.3) is 28.2 Å². The van der Waals surface area contributed by atoms with E-state index in [9.17, 15) is 9.59 Å². The maximum atomic E-state index is 12.8. The topological polar surface area (TPSA) is 72.7 Å². The third-order valence-electron chi connectivity index (χ3n) is 6.45. The van der Waals surface area contributed by atoms with Gasteiger partial charge in [-0.05, 0) is 60.0 Å². The fraction of sp³-hybridized carbons (Fsp3) is 0.0606. The van der Waals surface area contributed by atoms with Crippen molar-refractivity contribution < 1.29 is 14.3 Å². The number of aromatic nitrogens is 1. The minimum absolute atomic E-state index is 0.272.